The Hall–Kier alpha value is -2.86. The van der Waals surface area contributed by atoms with Crippen molar-refractivity contribution in [1.29, 1.82) is 0 Å². The number of esters is 3. The Morgan fingerprint density at radius 1 is 1.17 bits per heavy atom. The number of hydrogen-bond donors (Lipinski definition) is 1. The number of carbonyl (C=O) groups excluding carboxylic acids is 3. The molecule has 1 aliphatic rings. The van der Waals surface area contributed by atoms with E-state index in [1.165, 1.54) is 31.0 Å². The number of benzene rings is 1. The van der Waals surface area contributed by atoms with E-state index in [0.717, 1.165) is 12.1 Å². The van der Waals surface area contributed by atoms with E-state index in [4.69, 9.17) is 15.2 Å². The Balaban J connectivity index is 2.64. The third-order valence-electron chi connectivity index (χ3n) is 5.37. The van der Waals surface area contributed by atoms with Crippen molar-refractivity contribution >= 4 is 35.4 Å². The molecule has 3 unspecified atom stereocenters. The van der Waals surface area contributed by atoms with Gasteiger partial charge in [-0.3, -0.25) is 14.6 Å². The van der Waals surface area contributed by atoms with E-state index < -0.39 is 47.5 Å². The zero-order chi connectivity index (χ0) is 27.0. The molecule has 8 nitrogen and oxygen atoms in total. The highest BCUT2D eigenvalue weighted by Crippen LogP contribution is 2.42. The molecule has 2 N–H and O–H groups in total. The average molecular weight is 531 g/mol. The molecule has 0 fully saturated rings. The average Bonchev–Trinajstić information content (AvgIpc) is 2.82. The quantitative estimate of drug-likeness (QED) is 0.361. The van der Waals surface area contributed by atoms with Crippen molar-refractivity contribution in [3.8, 4) is 0 Å². The number of ether oxygens (including phenoxy) is 3. The number of methoxy groups -OCH3 is 1. The van der Waals surface area contributed by atoms with Crippen molar-refractivity contribution in [3.63, 3.8) is 0 Å². The summed E-state index contributed by atoms with van der Waals surface area (Å²) in [5, 5.41) is 0. The second-order valence-corrected chi connectivity index (χ2v) is 8.84. The molecule has 0 saturated heterocycles. The Morgan fingerprint density at radius 3 is 2.42 bits per heavy atom. The summed E-state index contributed by atoms with van der Waals surface area (Å²) in [7, 11) is 1.21. The fourth-order valence-corrected chi connectivity index (χ4v) is 4.72. The highest BCUT2D eigenvalue weighted by molar-refractivity contribution is 7.99. The lowest BCUT2D eigenvalue weighted by Crippen LogP contribution is -2.37. The Morgan fingerprint density at radius 2 is 1.83 bits per heavy atom. The van der Waals surface area contributed by atoms with Gasteiger partial charge in [0.2, 0.25) is 0 Å². The largest absolute Gasteiger partial charge is 0.468 e. The highest BCUT2D eigenvalue weighted by atomic mass is 32.2. The monoisotopic (exact) mass is 530 g/mol. The van der Waals surface area contributed by atoms with Crippen LogP contribution in [-0.4, -0.2) is 61.5 Å². The number of carbonyl (C=O) groups is 3. The van der Waals surface area contributed by atoms with Crippen molar-refractivity contribution in [1.82, 2.24) is 0 Å². The van der Waals surface area contributed by atoms with Crippen LogP contribution in [0.3, 0.4) is 0 Å². The molecule has 2 rings (SSSR count). The van der Waals surface area contributed by atoms with Gasteiger partial charge in [0.05, 0.1) is 37.2 Å². The second kappa shape index (κ2) is 12.9. The summed E-state index contributed by atoms with van der Waals surface area (Å²) in [6.07, 6.45) is -4.64. The van der Waals surface area contributed by atoms with Crippen molar-refractivity contribution in [2.24, 2.45) is 16.6 Å². The van der Waals surface area contributed by atoms with Crippen LogP contribution in [0.4, 0.5) is 13.2 Å². The lowest BCUT2D eigenvalue weighted by atomic mass is 9.75. The van der Waals surface area contributed by atoms with Crippen molar-refractivity contribution < 1.29 is 41.8 Å². The Kier molecular flexibility index (Phi) is 10.5. The smallest absolute Gasteiger partial charge is 0.416 e. The zero-order valence-corrected chi connectivity index (χ0v) is 21.2. The molecule has 198 valence electrons. The summed E-state index contributed by atoms with van der Waals surface area (Å²) < 4.78 is 55.5. The van der Waals surface area contributed by atoms with Crippen molar-refractivity contribution in [3.05, 3.63) is 46.7 Å². The lowest BCUT2D eigenvalue weighted by molar-refractivity contribution is -0.146. The molecule has 0 bridgehead atoms. The van der Waals surface area contributed by atoms with Crippen molar-refractivity contribution in [2.45, 2.75) is 38.9 Å². The zero-order valence-electron chi connectivity index (χ0n) is 20.4. The van der Waals surface area contributed by atoms with Gasteiger partial charge in [-0.15, -0.1) is 0 Å². The SMILES string of the molecule is CCOC(=O)C1=C(CSCC(N)C(=O)OC)N=C(C)C(C(=O)OCC)C1c1cccc(C(F)(F)F)c1. The number of hydrogen-bond acceptors (Lipinski definition) is 9. The fourth-order valence-electron chi connectivity index (χ4n) is 3.80. The van der Waals surface area contributed by atoms with E-state index >= 15 is 0 Å². The molecular weight excluding hydrogens is 501 g/mol. The first kappa shape index (κ1) is 29.4. The van der Waals surface area contributed by atoms with Gasteiger partial charge in [-0.05, 0) is 32.4 Å². The molecule has 12 heteroatoms. The minimum absolute atomic E-state index is 0.00193. The minimum Gasteiger partial charge on any atom is -0.468 e. The first-order chi connectivity index (χ1) is 17.0. The molecular formula is C24H29F3N2O6S. The fraction of sp³-hybridized carbons (Fsp3) is 0.500. The number of rotatable bonds is 10. The topological polar surface area (TPSA) is 117 Å². The maximum absolute atomic E-state index is 13.5. The molecule has 0 aliphatic carbocycles. The predicted molar refractivity (Wildman–Crippen MR) is 128 cm³/mol. The van der Waals surface area contributed by atoms with E-state index in [2.05, 4.69) is 9.73 Å². The summed E-state index contributed by atoms with van der Waals surface area (Å²) >= 11 is 1.18. The van der Waals surface area contributed by atoms with Crippen molar-refractivity contribution in [2.75, 3.05) is 31.8 Å². The van der Waals surface area contributed by atoms with Gasteiger partial charge >= 0.3 is 24.1 Å². The van der Waals surface area contributed by atoms with Gasteiger partial charge in [-0.25, -0.2) is 4.79 Å². The number of aliphatic imine (C=N–C) groups is 1. The van der Waals surface area contributed by atoms with Gasteiger partial charge in [0.25, 0.3) is 0 Å². The molecule has 1 aromatic rings. The van der Waals surface area contributed by atoms with E-state index in [-0.39, 0.29) is 47.3 Å². The first-order valence-corrected chi connectivity index (χ1v) is 12.3. The van der Waals surface area contributed by atoms with E-state index in [1.54, 1.807) is 20.8 Å². The maximum atomic E-state index is 13.5. The molecule has 0 radical (unpaired) electrons. The van der Waals surface area contributed by atoms with Gasteiger partial charge in [0.1, 0.15) is 12.0 Å². The van der Waals surface area contributed by atoms with Crippen LogP contribution in [0.25, 0.3) is 0 Å². The number of nitrogens with zero attached hydrogens (tertiary/aromatic N) is 1. The standard InChI is InChI=1S/C24H29F3N2O6S/c1-5-34-22(31)18-13(3)29-17(12-36-11-16(28)21(30)33-4)20(23(32)35-6-2)19(18)14-8-7-9-15(10-14)24(25,26)27/h7-10,16,18-19H,5-6,11-12,28H2,1-4H3. The minimum atomic E-state index is -4.64. The third-order valence-corrected chi connectivity index (χ3v) is 6.44. The van der Waals surface area contributed by atoms with E-state index in [9.17, 15) is 27.6 Å². The third kappa shape index (κ3) is 7.10. The molecule has 0 saturated carbocycles. The first-order valence-electron chi connectivity index (χ1n) is 11.2. The van der Waals surface area contributed by atoms with Crippen LogP contribution in [0.15, 0.2) is 40.5 Å². The van der Waals surface area contributed by atoms with Crippen LogP contribution in [0.2, 0.25) is 0 Å². The van der Waals surface area contributed by atoms with Gasteiger partial charge in [0, 0.05) is 23.1 Å². The summed E-state index contributed by atoms with van der Waals surface area (Å²) in [5.74, 6) is -4.19. The molecule has 3 atom stereocenters. The number of nitrogens with two attached hydrogens (primary N) is 1. The van der Waals surface area contributed by atoms with Crippen LogP contribution >= 0.6 is 11.8 Å². The summed E-state index contributed by atoms with van der Waals surface area (Å²) in [4.78, 5) is 42.1. The normalized spacial score (nSPS) is 18.8. The summed E-state index contributed by atoms with van der Waals surface area (Å²) in [6.45, 7) is 4.76. The second-order valence-electron chi connectivity index (χ2n) is 7.81. The van der Waals surface area contributed by atoms with Gasteiger partial charge in [0.15, 0.2) is 0 Å². The molecule has 0 amide bonds. The molecule has 1 aliphatic heterocycles. The predicted octanol–water partition coefficient (Wildman–Crippen LogP) is 3.49. The van der Waals surface area contributed by atoms with Crippen LogP contribution in [-0.2, 0) is 34.8 Å². The summed E-state index contributed by atoms with van der Waals surface area (Å²) in [5.41, 5.74) is 5.39. The molecule has 1 aromatic carbocycles. The van der Waals surface area contributed by atoms with Crippen LogP contribution in [0.1, 0.15) is 37.8 Å². The molecule has 0 aromatic heterocycles. The van der Waals surface area contributed by atoms with Crippen LogP contribution in [0.5, 0.6) is 0 Å². The van der Waals surface area contributed by atoms with E-state index in [0.29, 0.717) is 0 Å². The van der Waals surface area contributed by atoms with Crippen LogP contribution in [0, 0.1) is 5.92 Å². The van der Waals surface area contributed by atoms with Gasteiger partial charge < -0.3 is 19.9 Å². The number of thioether (sulfide) groups is 1. The Labute approximate surface area is 211 Å². The van der Waals surface area contributed by atoms with Crippen LogP contribution < -0.4 is 5.73 Å². The number of halogens is 3. The van der Waals surface area contributed by atoms with Gasteiger partial charge in [-0.1, -0.05) is 18.2 Å². The van der Waals surface area contributed by atoms with E-state index in [1.807, 2.05) is 0 Å². The molecule has 1 heterocycles. The lowest BCUT2D eigenvalue weighted by Gasteiger charge is -2.32. The highest BCUT2D eigenvalue weighted by Gasteiger charge is 2.44. The molecule has 36 heavy (non-hydrogen) atoms. The molecule has 0 spiro atoms. The van der Waals surface area contributed by atoms with Gasteiger partial charge in [-0.2, -0.15) is 24.9 Å². The Bertz CT molecular complexity index is 1040. The maximum Gasteiger partial charge on any atom is 0.416 e. The summed E-state index contributed by atoms with van der Waals surface area (Å²) in [6, 6.07) is 3.53. The number of alkyl halides is 3.